The zero-order valence-electron chi connectivity index (χ0n) is 10.8. The Bertz CT molecular complexity index is 471. The average Bonchev–Trinajstić information content (AvgIpc) is 3.13. The molecule has 3 nitrogen and oxygen atoms in total. The first-order valence-electron chi connectivity index (χ1n) is 6.80. The van der Waals surface area contributed by atoms with Gasteiger partial charge in [-0.15, -0.1) is 0 Å². The predicted octanol–water partition coefficient (Wildman–Crippen LogP) is 1.73. The molecule has 1 saturated carbocycles. The molecule has 0 spiro atoms. The van der Waals surface area contributed by atoms with Crippen LogP contribution in [-0.4, -0.2) is 23.9 Å². The first-order valence-corrected chi connectivity index (χ1v) is 6.80. The van der Waals surface area contributed by atoms with E-state index in [-0.39, 0.29) is 12.0 Å². The highest BCUT2D eigenvalue weighted by molar-refractivity contribution is 5.82. The van der Waals surface area contributed by atoms with Gasteiger partial charge in [-0.2, -0.15) is 0 Å². The van der Waals surface area contributed by atoms with Crippen molar-refractivity contribution in [2.75, 3.05) is 13.1 Å². The number of nitrogens with zero attached hydrogens (tertiary/aromatic N) is 1. The molecule has 1 aliphatic carbocycles. The molecule has 0 bridgehead atoms. The number of rotatable bonds is 2. The lowest BCUT2D eigenvalue weighted by atomic mass is 9.92. The van der Waals surface area contributed by atoms with Crippen LogP contribution in [0.1, 0.15) is 30.5 Å². The Hall–Kier alpha value is -1.35. The summed E-state index contributed by atoms with van der Waals surface area (Å²) in [5.74, 6) is 1.13. The van der Waals surface area contributed by atoms with Crippen LogP contribution < -0.4 is 5.73 Å². The standard InChI is InChI=1S/C15H20N2O/c1-10-8-13(10)15(18)17-7-6-11-4-2-3-5-12(11)14(17)9-16/h2-5,10,13-14H,6-9,16H2,1H3. The maximum absolute atomic E-state index is 12.4. The molecule has 1 heterocycles. The molecule has 18 heavy (non-hydrogen) atoms. The van der Waals surface area contributed by atoms with Crippen molar-refractivity contribution in [3.63, 3.8) is 0 Å². The molecule has 2 aliphatic rings. The fraction of sp³-hybridized carbons (Fsp3) is 0.533. The highest BCUT2D eigenvalue weighted by atomic mass is 16.2. The van der Waals surface area contributed by atoms with Crippen molar-refractivity contribution in [1.82, 2.24) is 4.90 Å². The van der Waals surface area contributed by atoms with Crippen LogP contribution in [-0.2, 0) is 11.2 Å². The van der Waals surface area contributed by atoms with Gasteiger partial charge in [-0.1, -0.05) is 31.2 Å². The first-order chi connectivity index (χ1) is 8.72. The van der Waals surface area contributed by atoms with Crippen molar-refractivity contribution in [2.24, 2.45) is 17.6 Å². The summed E-state index contributed by atoms with van der Waals surface area (Å²) in [7, 11) is 0. The van der Waals surface area contributed by atoms with Crippen molar-refractivity contribution in [2.45, 2.75) is 25.8 Å². The van der Waals surface area contributed by atoms with Crippen LogP contribution in [0.15, 0.2) is 24.3 Å². The SMILES string of the molecule is CC1CC1C(=O)N1CCc2ccccc2C1CN. The molecule has 1 aromatic rings. The van der Waals surface area contributed by atoms with E-state index < -0.39 is 0 Å². The first kappa shape index (κ1) is 11.7. The summed E-state index contributed by atoms with van der Waals surface area (Å²) in [4.78, 5) is 14.4. The summed E-state index contributed by atoms with van der Waals surface area (Å²) in [6, 6.07) is 8.44. The zero-order chi connectivity index (χ0) is 12.7. The van der Waals surface area contributed by atoms with E-state index in [2.05, 4.69) is 25.1 Å². The molecule has 0 radical (unpaired) electrons. The van der Waals surface area contributed by atoms with E-state index in [1.807, 2.05) is 11.0 Å². The number of carbonyl (C=O) groups is 1. The lowest BCUT2D eigenvalue weighted by molar-refractivity contribution is -0.135. The molecule has 1 aliphatic heterocycles. The van der Waals surface area contributed by atoms with Gasteiger partial charge in [0, 0.05) is 19.0 Å². The second kappa shape index (κ2) is 4.39. The van der Waals surface area contributed by atoms with E-state index >= 15 is 0 Å². The Labute approximate surface area is 108 Å². The van der Waals surface area contributed by atoms with Crippen LogP contribution in [0, 0.1) is 11.8 Å². The quantitative estimate of drug-likeness (QED) is 0.861. The van der Waals surface area contributed by atoms with Crippen molar-refractivity contribution in [3.8, 4) is 0 Å². The van der Waals surface area contributed by atoms with Gasteiger partial charge in [0.15, 0.2) is 0 Å². The third kappa shape index (κ3) is 1.83. The minimum Gasteiger partial charge on any atom is -0.334 e. The molecule has 3 heteroatoms. The van der Waals surface area contributed by atoms with Crippen molar-refractivity contribution >= 4 is 5.91 Å². The molecule has 1 amide bonds. The molecule has 0 saturated heterocycles. The smallest absolute Gasteiger partial charge is 0.226 e. The topological polar surface area (TPSA) is 46.3 Å². The summed E-state index contributed by atoms with van der Waals surface area (Å²) < 4.78 is 0. The number of hydrogen-bond acceptors (Lipinski definition) is 2. The molecule has 0 aromatic heterocycles. The van der Waals surface area contributed by atoms with E-state index in [1.165, 1.54) is 11.1 Å². The van der Waals surface area contributed by atoms with Crippen LogP contribution in [0.4, 0.5) is 0 Å². The molecular formula is C15H20N2O. The summed E-state index contributed by atoms with van der Waals surface area (Å²) in [5.41, 5.74) is 8.50. The largest absolute Gasteiger partial charge is 0.334 e. The highest BCUT2D eigenvalue weighted by Crippen LogP contribution is 2.41. The maximum Gasteiger partial charge on any atom is 0.226 e. The second-order valence-corrected chi connectivity index (χ2v) is 5.55. The van der Waals surface area contributed by atoms with Crippen LogP contribution in [0.25, 0.3) is 0 Å². The molecule has 1 aromatic carbocycles. The van der Waals surface area contributed by atoms with Crippen LogP contribution >= 0.6 is 0 Å². The fourth-order valence-corrected chi connectivity index (χ4v) is 3.05. The van der Waals surface area contributed by atoms with Crippen molar-refractivity contribution in [1.29, 1.82) is 0 Å². The van der Waals surface area contributed by atoms with E-state index in [0.717, 1.165) is 19.4 Å². The van der Waals surface area contributed by atoms with Gasteiger partial charge in [-0.05, 0) is 29.9 Å². The molecule has 3 rings (SSSR count). The molecule has 3 atom stereocenters. The molecule has 3 unspecified atom stereocenters. The van der Waals surface area contributed by atoms with E-state index in [1.54, 1.807) is 0 Å². The number of nitrogens with two attached hydrogens (primary N) is 1. The van der Waals surface area contributed by atoms with Gasteiger partial charge in [0.1, 0.15) is 0 Å². The van der Waals surface area contributed by atoms with Crippen LogP contribution in [0.5, 0.6) is 0 Å². The van der Waals surface area contributed by atoms with Crippen LogP contribution in [0.2, 0.25) is 0 Å². The number of carbonyl (C=O) groups excluding carboxylic acids is 1. The van der Waals surface area contributed by atoms with Gasteiger partial charge in [0.05, 0.1) is 6.04 Å². The summed E-state index contributed by atoms with van der Waals surface area (Å²) in [6.07, 6.45) is 2.01. The summed E-state index contributed by atoms with van der Waals surface area (Å²) in [5, 5.41) is 0. The Kier molecular flexibility index (Phi) is 2.86. The zero-order valence-corrected chi connectivity index (χ0v) is 10.8. The van der Waals surface area contributed by atoms with Gasteiger partial charge >= 0.3 is 0 Å². The minimum atomic E-state index is 0.0789. The van der Waals surface area contributed by atoms with Gasteiger partial charge in [-0.3, -0.25) is 4.79 Å². The predicted molar refractivity (Wildman–Crippen MR) is 70.9 cm³/mol. The van der Waals surface area contributed by atoms with Crippen molar-refractivity contribution < 1.29 is 4.79 Å². The van der Waals surface area contributed by atoms with Gasteiger partial charge in [0.25, 0.3) is 0 Å². The van der Waals surface area contributed by atoms with Crippen LogP contribution in [0.3, 0.4) is 0 Å². The molecule has 96 valence electrons. The lowest BCUT2D eigenvalue weighted by Gasteiger charge is -2.37. The second-order valence-electron chi connectivity index (χ2n) is 5.55. The molecular weight excluding hydrogens is 224 g/mol. The monoisotopic (exact) mass is 244 g/mol. The number of amides is 1. The Morgan fingerprint density at radius 1 is 1.44 bits per heavy atom. The normalized spacial score (nSPS) is 29.9. The van der Waals surface area contributed by atoms with Gasteiger partial charge < -0.3 is 10.6 Å². The minimum absolute atomic E-state index is 0.0789. The maximum atomic E-state index is 12.4. The summed E-state index contributed by atoms with van der Waals surface area (Å²) in [6.45, 7) is 3.49. The van der Waals surface area contributed by atoms with Crippen molar-refractivity contribution in [3.05, 3.63) is 35.4 Å². The number of hydrogen-bond donors (Lipinski definition) is 1. The molecule has 1 fully saturated rings. The van der Waals surface area contributed by atoms with Gasteiger partial charge in [0.2, 0.25) is 5.91 Å². The Morgan fingerprint density at radius 2 is 2.17 bits per heavy atom. The van der Waals surface area contributed by atoms with E-state index in [9.17, 15) is 4.79 Å². The molecule has 2 N–H and O–H groups in total. The number of benzene rings is 1. The lowest BCUT2D eigenvalue weighted by Crippen LogP contribution is -2.44. The third-order valence-electron chi connectivity index (χ3n) is 4.35. The summed E-state index contributed by atoms with van der Waals surface area (Å²) >= 11 is 0. The van der Waals surface area contributed by atoms with E-state index in [0.29, 0.717) is 18.4 Å². The van der Waals surface area contributed by atoms with E-state index in [4.69, 9.17) is 5.73 Å². The Morgan fingerprint density at radius 3 is 2.83 bits per heavy atom. The van der Waals surface area contributed by atoms with Gasteiger partial charge in [-0.25, -0.2) is 0 Å². The average molecular weight is 244 g/mol. The highest BCUT2D eigenvalue weighted by Gasteiger charge is 2.43. The third-order valence-corrected chi connectivity index (χ3v) is 4.35. The number of fused-ring (bicyclic) bond motifs is 1. The fourth-order valence-electron chi connectivity index (χ4n) is 3.05. The Balaban J connectivity index is 1.87.